The molecule has 7 heteroatoms. The van der Waals surface area contributed by atoms with Crippen LogP contribution in [0, 0.1) is 11.8 Å². The fourth-order valence-corrected chi connectivity index (χ4v) is 4.43. The number of thioether (sulfide) groups is 1. The van der Waals surface area contributed by atoms with Gasteiger partial charge in [-0.3, -0.25) is 4.79 Å². The lowest BCUT2D eigenvalue weighted by atomic mass is 9.92. The SMILES string of the molecule is C[C@@H]1C[C@@H](C)CN(C(=O)[C@H](C)Sc2nnc(N)s2)C1. The Morgan fingerprint density at radius 2 is 2.05 bits per heavy atom. The van der Waals surface area contributed by atoms with Crippen LogP contribution in [0.3, 0.4) is 0 Å². The summed E-state index contributed by atoms with van der Waals surface area (Å²) >= 11 is 2.77. The van der Waals surface area contributed by atoms with Crippen LogP contribution >= 0.6 is 23.1 Å². The lowest BCUT2D eigenvalue weighted by Gasteiger charge is -2.36. The summed E-state index contributed by atoms with van der Waals surface area (Å²) in [5, 5.41) is 8.03. The lowest BCUT2D eigenvalue weighted by Crippen LogP contribution is -2.45. The van der Waals surface area contributed by atoms with Gasteiger partial charge in [0.05, 0.1) is 5.25 Å². The molecule has 0 spiro atoms. The molecule has 0 saturated carbocycles. The Hall–Kier alpha value is -0.820. The van der Waals surface area contributed by atoms with Gasteiger partial charge in [-0.1, -0.05) is 36.9 Å². The Bertz CT molecular complexity index is 441. The molecule has 5 nitrogen and oxygen atoms in total. The molecular formula is C12H20N4OS2. The minimum atomic E-state index is -0.134. The van der Waals surface area contributed by atoms with Gasteiger partial charge in [0, 0.05) is 13.1 Å². The molecule has 0 aliphatic carbocycles. The fraction of sp³-hybridized carbons (Fsp3) is 0.750. The van der Waals surface area contributed by atoms with E-state index in [-0.39, 0.29) is 11.2 Å². The molecule has 106 valence electrons. The molecule has 2 rings (SSSR count). The first-order valence-electron chi connectivity index (χ1n) is 6.50. The predicted octanol–water partition coefficient (Wildman–Crippen LogP) is 2.11. The second kappa shape index (κ2) is 6.09. The number of carbonyl (C=O) groups excluding carboxylic acids is 1. The van der Waals surface area contributed by atoms with Crippen LogP contribution in [0.4, 0.5) is 5.13 Å². The topological polar surface area (TPSA) is 72.1 Å². The van der Waals surface area contributed by atoms with Gasteiger partial charge in [0.1, 0.15) is 0 Å². The van der Waals surface area contributed by atoms with Gasteiger partial charge >= 0.3 is 0 Å². The van der Waals surface area contributed by atoms with Crippen LogP contribution < -0.4 is 5.73 Å². The molecule has 19 heavy (non-hydrogen) atoms. The molecule has 1 aromatic heterocycles. The summed E-state index contributed by atoms with van der Waals surface area (Å²) in [5.41, 5.74) is 5.55. The van der Waals surface area contributed by atoms with Gasteiger partial charge in [-0.2, -0.15) is 0 Å². The maximum atomic E-state index is 12.4. The highest BCUT2D eigenvalue weighted by Gasteiger charge is 2.29. The molecule has 1 fully saturated rings. The Labute approximate surface area is 122 Å². The van der Waals surface area contributed by atoms with Gasteiger partial charge in [0.25, 0.3) is 0 Å². The van der Waals surface area contributed by atoms with Crippen molar-refractivity contribution in [1.29, 1.82) is 0 Å². The number of nitrogens with zero attached hydrogens (tertiary/aromatic N) is 3. The number of amides is 1. The second-order valence-electron chi connectivity index (χ2n) is 5.36. The molecular weight excluding hydrogens is 280 g/mol. The smallest absolute Gasteiger partial charge is 0.235 e. The van der Waals surface area contributed by atoms with E-state index < -0.39 is 0 Å². The lowest BCUT2D eigenvalue weighted by molar-refractivity contribution is -0.132. The number of aromatic nitrogens is 2. The van der Waals surface area contributed by atoms with Crippen molar-refractivity contribution in [1.82, 2.24) is 15.1 Å². The summed E-state index contributed by atoms with van der Waals surface area (Å²) in [5.74, 6) is 1.36. The highest BCUT2D eigenvalue weighted by atomic mass is 32.2. The van der Waals surface area contributed by atoms with E-state index in [9.17, 15) is 4.79 Å². The van der Waals surface area contributed by atoms with E-state index in [2.05, 4.69) is 24.0 Å². The highest BCUT2D eigenvalue weighted by molar-refractivity contribution is 8.02. The fourth-order valence-electron chi connectivity index (χ4n) is 2.57. The molecule has 1 amide bonds. The normalized spacial score (nSPS) is 25.3. The Kier molecular flexibility index (Phi) is 4.67. The largest absolute Gasteiger partial charge is 0.374 e. The van der Waals surface area contributed by atoms with E-state index in [1.165, 1.54) is 29.5 Å². The average molecular weight is 300 g/mol. The first-order valence-corrected chi connectivity index (χ1v) is 8.19. The first-order chi connectivity index (χ1) is 8.95. The van der Waals surface area contributed by atoms with Crippen molar-refractivity contribution >= 4 is 34.1 Å². The zero-order chi connectivity index (χ0) is 14.0. The number of hydrogen-bond donors (Lipinski definition) is 1. The standard InChI is InChI=1S/C12H20N4OS2/c1-7-4-8(2)6-16(5-7)10(17)9(3)18-12-15-14-11(13)19-12/h7-9H,4-6H2,1-3H3,(H2,13,14)/t7-,8-,9+/m1/s1. The van der Waals surface area contributed by atoms with E-state index in [4.69, 9.17) is 5.73 Å². The number of piperidine rings is 1. The molecule has 1 aliphatic rings. The molecule has 2 heterocycles. The molecule has 1 aliphatic heterocycles. The van der Waals surface area contributed by atoms with Crippen LogP contribution in [-0.2, 0) is 4.79 Å². The average Bonchev–Trinajstić information content (AvgIpc) is 2.72. The van der Waals surface area contributed by atoms with Crippen molar-refractivity contribution in [2.24, 2.45) is 11.8 Å². The van der Waals surface area contributed by atoms with E-state index in [0.29, 0.717) is 17.0 Å². The molecule has 1 aromatic rings. The first kappa shape index (κ1) is 14.6. The third-order valence-corrected chi connectivity index (χ3v) is 5.15. The van der Waals surface area contributed by atoms with Crippen LogP contribution in [0.2, 0.25) is 0 Å². The van der Waals surface area contributed by atoms with Crippen LogP contribution in [0.15, 0.2) is 4.34 Å². The zero-order valence-corrected chi connectivity index (χ0v) is 13.1. The summed E-state index contributed by atoms with van der Waals surface area (Å²) in [7, 11) is 0. The molecule has 2 N–H and O–H groups in total. The quantitative estimate of drug-likeness (QED) is 0.866. The maximum absolute atomic E-state index is 12.4. The third-order valence-electron chi connectivity index (χ3n) is 3.23. The predicted molar refractivity (Wildman–Crippen MR) is 79.2 cm³/mol. The molecule has 1 saturated heterocycles. The van der Waals surface area contributed by atoms with E-state index in [1.807, 2.05) is 11.8 Å². The summed E-state index contributed by atoms with van der Waals surface area (Å²) in [6.07, 6.45) is 1.21. The molecule has 0 bridgehead atoms. The van der Waals surface area contributed by atoms with Crippen molar-refractivity contribution in [2.75, 3.05) is 18.8 Å². The number of nitrogen functional groups attached to an aromatic ring is 1. The Morgan fingerprint density at radius 1 is 1.42 bits per heavy atom. The number of nitrogens with two attached hydrogens (primary N) is 1. The highest BCUT2D eigenvalue weighted by Crippen LogP contribution is 2.30. The van der Waals surface area contributed by atoms with Gasteiger partial charge < -0.3 is 10.6 Å². The van der Waals surface area contributed by atoms with Crippen LogP contribution in [0.1, 0.15) is 27.2 Å². The van der Waals surface area contributed by atoms with Gasteiger partial charge in [0.2, 0.25) is 11.0 Å². The Balaban J connectivity index is 1.94. The van der Waals surface area contributed by atoms with Crippen LogP contribution in [0.25, 0.3) is 0 Å². The summed E-state index contributed by atoms with van der Waals surface area (Å²) in [4.78, 5) is 14.4. The van der Waals surface area contributed by atoms with Crippen molar-refractivity contribution in [3.63, 3.8) is 0 Å². The number of hydrogen-bond acceptors (Lipinski definition) is 6. The maximum Gasteiger partial charge on any atom is 0.235 e. The molecule has 3 atom stereocenters. The molecule has 0 aromatic carbocycles. The van der Waals surface area contributed by atoms with Crippen LogP contribution in [0.5, 0.6) is 0 Å². The van der Waals surface area contributed by atoms with Crippen LogP contribution in [-0.4, -0.2) is 39.3 Å². The second-order valence-corrected chi connectivity index (χ2v) is 7.95. The van der Waals surface area contributed by atoms with Gasteiger partial charge in [0.15, 0.2) is 4.34 Å². The molecule has 0 unspecified atom stereocenters. The molecule has 0 radical (unpaired) electrons. The number of anilines is 1. The summed E-state index contributed by atoms with van der Waals surface area (Å²) in [6, 6.07) is 0. The van der Waals surface area contributed by atoms with Crippen molar-refractivity contribution in [3.8, 4) is 0 Å². The van der Waals surface area contributed by atoms with Gasteiger partial charge in [-0.25, -0.2) is 0 Å². The van der Waals surface area contributed by atoms with Crippen molar-refractivity contribution in [3.05, 3.63) is 0 Å². The van der Waals surface area contributed by atoms with Gasteiger partial charge in [-0.15, -0.1) is 10.2 Å². The van der Waals surface area contributed by atoms with Crippen molar-refractivity contribution in [2.45, 2.75) is 36.8 Å². The summed E-state index contributed by atoms with van der Waals surface area (Å²) < 4.78 is 0.761. The third kappa shape index (κ3) is 3.82. The van der Waals surface area contributed by atoms with Gasteiger partial charge in [-0.05, 0) is 25.2 Å². The number of rotatable bonds is 3. The monoisotopic (exact) mass is 300 g/mol. The van der Waals surface area contributed by atoms with E-state index in [1.54, 1.807) is 0 Å². The zero-order valence-electron chi connectivity index (χ0n) is 11.5. The Morgan fingerprint density at radius 3 is 2.58 bits per heavy atom. The minimum Gasteiger partial charge on any atom is -0.374 e. The van der Waals surface area contributed by atoms with E-state index >= 15 is 0 Å². The minimum absolute atomic E-state index is 0.134. The van der Waals surface area contributed by atoms with E-state index in [0.717, 1.165) is 17.4 Å². The number of likely N-dealkylation sites (tertiary alicyclic amines) is 1. The van der Waals surface area contributed by atoms with Crippen molar-refractivity contribution < 1.29 is 4.79 Å². The number of carbonyl (C=O) groups is 1. The summed E-state index contributed by atoms with van der Waals surface area (Å²) in [6.45, 7) is 8.07.